The van der Waals surface area contributed by atoms with Gasteiger partial charge in [0, 0.05) is 33.2 Å². The Labute approximate surface area is 193 Å². The van der Waals surface area contributed by atoms with Crippen LogP contribution in [0.15, 0.2) is 29.1 Å². The maximum atomic E-state index is 13.3. The predicted molar refractivity (Wildman–Crippen MR) is 131 cm³/mol. The Morgan fingerprint density at radius 1 is 1.06 bits per heavy atom. The minimum absolute atomic E-state index is 0.0187. The van der Waals surface area contributed by atoms with E-state index in [0.717, 1.165) is 25.7 Å². The molecule has 6 nitrogen and oxygen atoms in total. The lowest BCUT2D eigenvalue weighted by atomic mass is 10.1. The zero-order valence-corrected chi connectivity index (χ0v) is 20.4. The SMILES string of the molecule is CCCCCCCC(=O)N(CCCOC)C(CC)c1nc2ccccc2c(=O)n1CCC. The lowest BCUT2D eigenvalue weighted by Gasteiger charge is -2.32. The maximum Gasteiger partial charge on any atom is 0.261 e. The molecule has 0 saturated heterocycles. The van der Waals surface area contributed by atoms with Gasteiger partial charge >= 0.3 is 0 Å². The highest BCUT2D eigenvalue weighted by atomic mass is 16.5. The van der Waals surface area contributed by atoms with E-state index in [1.54, 1.807) is 11.7 Å². The number of carbonyl (C=O) groups is 1. The Hall–Kier alpha value is -2.21. The molecule has 32 heavy (non-hydrogen) atoms. The number of nitrogens with zero attached hydrogens (tertiary/aromatic N) is 3. The summed E-state index contributed by atoms with van der Waals surface area (Å²) >= 11 is 0. The molecule has 0 fully saturated rings. The lowest BCUT2D eigenvalue weighted by molar-refractivity contribution is -0.134. The summed E-state index contributed by atoms with van der Waals surface area (Å²) in [6.07, 6.45) is 8.42. The van der Waals surface area contributed by atoms with Crippen molar-refractivity contribution in [2.24, 2.45) is 0 Å². The Morgan fingerprint density at radius 2 is 1.81 bits per heavy atom. The van der Waals surface area contributed by atoms with Crippen molar-refractivity contribution in [1.82, 2.24) is 14.5 Å². The Kier molecular flexibility index (Phi) is 11.4. The third kappa shape index (κ3) is 6.89. The van der Waals surface area contributed by atoms with Gasteiger partial charge in [0.05, 0.1) is 16.9 Å². The van der Waals surface area contributed by atoms with Crippen LogP contribution in [0.4, 0.5) is 0 Å². The molecule has 1 amide bonds. The van der Waals surface area contributed by atoms with Crippen LogP contribution < -0.4 is 5.56 Å². The van der Waals surface area contributed by atoms with Crippen molar-refractivity contribution in [1.29, 1.82) is 0 Å². The molecule has 1 unspecified atom stereocenters. The van der Waals surface area contributed by atoms with Crippen molar-refractivity contribution >= 4 is 16.8 Å². The van der Waals surface area contributed by atoms with E-state index in [2.05, 4.69) is 20.8 Å². The smallest absolute Gasteiger partial charge is 0.261 e. The van der Waals surface area contributed by atoms with Crippen molar-refractivity contribution in [3.63, 3.8) is 0 Å². The molecule has 0 aliphatic carbocycles. The zero-order chi connectivity index (χ0) is 23.3. The van der Waals surface area contributed by atoms with Gasteiger partial charge in [-0.1, -0.05) is 58.6 Å². The number of aromatic nitrogens is 2. The van der Waals surface area contributed by atoms with Gasteiger partial charge in [-0.2, -0.15) is 0 Å². The van der Waals surface area contributed by atoms with Crippen LogP contribution in [-0.2, 0) is 16.1 Å². The number of benzene rings is 1. The largest absolute Gasteiger partial charge is 0.385 e. The molecule has 0 N–H and O–H groups in total. The number of hydrogen-bond donors (Lipinski definition) is 0. The van der Waals surface area contributed by atoms with Crippen LogP contribution in [0.5, 0.6) is 0 Å². The van der Waals surface area contributed by atoms with Crippen LogP contribution in [0, 0.1) is 0 Å². The minimum Gasteiger partial charge on any atom is -0.385 e. The number of rotatable bonds is 15. The van der Waals surface area contributed by atoms with Crippen molar-refractivity contribution in [3.8, 4) is 0 Å². The fraction of sp³-hybridized carbons (Fsp3) is 0.654. The second-order valence-electron chi connectivity index (χ2n) is 8.47. The zero-order valence-electron chi connectivity index (χ0n) is 20.4. The monoisotopic (exact) mass is 443 g/mol. The number of ether oxygens (including phenoxy) is 1. The second-order valence-corrected chi connectivity index (χ2v) is 8.47. The van der Waals surface area contributed by atoms with E-state index in [9.17, 15) is 9.59 Å². The Balaban J connectivity index is 2.39. The van der Waals surface area contributed by atoms with E-state index in [1.165, 1.54) is 19.3 Å². The average Bonchev–Trinajstić information content (AvgIpc) is 2.80. The van der Waals surface area contributed by atoms with Crippen molar-refractivity contribution in [2.75, 3.05) is 20.3 Å². The van der Waals surface area contributed by atoms with Gasteiger partial charge in [-0.05, 0) is 37.8 Å². The fourth-order valence-corrected chi connectivity index (χ4v) is 4.28. The molecule has 0 radical (unpaired) electrons. The van der Waals surface area contributed by atoms with E-state index in [1.807, 2.05) is 29.2 Å². The number of carbonyl (C=O) groups excluding carboxylic acids is 1. The Morgan fingerprint density at radius 3 is 2.50 bits per heavy atom. The molecule has 0 aliphatic heterocycles. The highest BCUT2D eigenvalue weighted by Gasteiger charge is 2.27. The third-order valence-corrected chi connectivity index (χ3v) is 5.96. The predicted octanol–water partition coefficient (Wildman–Crippen LogP) is 5.48. The number of hydrogen-bond acceptors (Lipinski definition) is 4. The van der Waals surface area contributed by atoms with Crippen LogP contribution in [0.1, 0.15) is 90.4 Å². The van der Waals surface area contributed by atoms with E-state index < -0.39 is 0 Å². The van der Waals surface area contributed by atoms with Gasteiger partial charge in [0.1, 0.15) is 5.82 Å². The van der Waals surface area contributed by atoms with Crippen molar-refractivity contribution in [2.45, 2.75) is 91.1 Å². The van der Waals surface area contributed by atoms with Gasteiger partial charge in [0.25, 0.3) is 5.56 Å². The van der Waals surface area contributed by atoms with Gasteiger partial charge in [0.15, 0.2) is 0 Å². The average molecular weight is 444 g/mol. The molecule has 2 aromatic rings. The summed E-state index contributed by atoms with van der Waals surface area (Å²) in [7, 11) is 1.68. The summed E-state index contributed by atoms with van der Waals surface area (Å²) in [5, 5.41) is 0.632. The minimum atomic E-state index is -0.223. The van der Waals surface area contributed by atoms with Gasteiger partial charge in [-0.15, -0.1) is 0 Å². The number of amides is 1. The third-order valence-electron chi connectivity index (χ3n) is 5.96. The Bertz CT molecular complexity index is 894. The lowest BCUT2D eigenvalue weighted by Crippen LogP contribution is -2.39. The van der Waals surface area contributed by atoms with E-state index in [0.29, 0.717) is 49.3 Å². The fourth-order valence-electron chi connectivity index (χ4n) is 4.28. The standard InChI is InChI=1S/C26H41N3O3/c1-5-8-9-10-11-17-24(30)28(19-14-20-32-4)23(7-3)25-27-22-16-13-12-15-21(22)26(31)29(25)18-6-2/h12-13,15-16,23H,5-11,14,17-20H2,1-4H3. The molecule has 0 saturated carbocycles. The van der Waals surface area contributed by atoms with Crippen LogP contribution in [0.3, 0.4) is 0 Å². The molecule has 0 aliphatic rings. The van der Waals surface area contributed by atoms with Gasteiger partial charge in [-0.3, -0.25) is 14.2 Å². The van der Waals surface area contributed by atoms with Crippen molar-refractivity contribution < 1.29 is 9.53 Å². The van der Waals surface area contributed by atoms with Gasteiger partial charge < -0.3 is 9.64 Å². The molecule has 1 aromatic carbocycles. The maximum absolute atomic E-state index is 13.3. The molecule has 178 valence electrons. The molecular formula is C26H41N3O3. The topological polar surface area (TPSA) is 64.4 Å². The van der Waals surface area contributed by atoms with E-state index in [-0.39, 0.29) is 17.5 Å². The van der Waals surface area contributed by atoms with Crippen LogP contribution in [0.2, 0.25) is 0 Å². The first kappa shape index (κ1) is 26.0. The quantitative estimate of drug-likeness (QED) is 0.342. The number of para-hydroxylation sites is 1. The molecule has 6 heteroatoms. The summed E-state index contributed by atoms with van der Waals surface area (Å²) in [6, 6.07) is 7.27. The van der Waals surface area contributed by atoms with Gasteiger partial charge in [0.2, 0.25) is 5.91 Å². The normalized spacial score (nSPS) is 12.2. The van der Waals surface area contributed by atoms with Crippen molar-refractivity contribution in [3.05, 3.63) is 40.4 Å². The van der Waals surface area contributed by atoms with Crippen LogP contribution in [0.25, 0.3) is 10.9 Å². The van der Waals surface area contributed by atoms with Gasteiger partial charge in [-0.25, -0.2) is 4.98 Å². The first-order chi connectivity index (χ1) is 15.6. The first-order valence-electron chi connectivity index (χ1n) is 12.4. The molecule has 1 heterocycles. The molecule has 2 rings (SSSR count). The molecule has 0 bridgehead atoms. The molecule has 1 aromatic heterocycles. The molecule has 1 atom stereocenters. The first-order valence-corrected chi connectivity index (χ1v) is 12.4. The summed E-state index contributed by atoms with van der Waals surface area (Å²) in [4.78, 5) is 33.5. The summed E-state index contributed by atoms with van der Waals surface area (Å²) in [5.74, 6) is 0.852. The van der Waals surface area contributed by atoms with E-state index >= 15 is 0 Å². The number of methoxy groups -OCH3 is 1. The molecule has 0 spiro atoms. The summed E-state index contributed by atoms with van der Waals surface area (Å²) in [5.41, 5.74) is 0.678. The number of unbranched alkanes of at least 4 members (excludes halogenated alkanes) is 4. The second kappa shape index (κ2) is 14.0. The van der Waals surface area contributed by atoms with Crippen LogP contribution in [-0.4, -0.2) is 40.6 Å². The molecular weight excluding hydrogens is 402 g/mol. The van der Waals surface area contributed by atoms with E-state index in [4.69, 9.17) is 9.72 Å². The number of fused-ring (bicyclic) bond motifs is 1. The summed E-state index contributed by atoms with van der Waals surface area (Å²) < 4.78 is 7.03. The van der Waals surface area contributed by atoms with Crippen LogP contribution >= 0.6 is 0 Å². The highest BCUT2D eigenvalue weighted by Crippen LogP contribution is 2.26. The highest BCUT2D eigenvalue weighted by molar-refractivity contribution is 5.78. The summed E-state index contributed by atoms with van der Waals surface area (Å²) in [6.45, 7) is 8.13.